The van der Waals surface area contributed by atoms with E-state index < -0.39 is 0 Å². The van der Waals surface area contributed by atoms with Crippen LogP contribution in [0.4, 0.5) is 0 Å². The van der Waals surface area contributed by atoms with Crippen molar-refractivity contribution in [2.24, 2.45) is 4.99 Å². The molecule has 0 bridgehead atoms. The number of hydrogen-bond donors (Lipinski definition) is 2. The van der Waals surface area contributed by atoms with Crippen LogP contribution >= 0.6 is 35.6 Å². The SMILES string of the molecule is CCNC(=NCC(C)(C)c1ccc(Cl)cc1)NC1CC1.I. The van der Waals surface area contributed by atoms with Crippen molar-refractivity contribution in [3.63, 3.8) is 0 Å². The maximum absolute atomic E-state index is 5.95. The Balaban J connectivity index is 0.00000220. The van der Waals surface area contributed by atoms with Crippen molar-refractivity contribution in [1.82, 2.24) is 10.6 Å². The van der Waals surface area contributed by atoms with Crippen LogP contribution in [-0.4, -0.2) is 25.1 Å². The highest BCUT2D eigenvalue weighted by molar-refractivity contribution is 14.0. The summed E-state index contributed by atoms with van der Waals surface area (Å²) in [5, 5.41) is 7.52. The van der Waals surface area contributed by atoms with E-state index in [1.807, 2.05) is 12.1 Å². The highest BCUT2D eigenvalue weighted by Crippen LogP contribution is 2.25. The molecule has 2 rings (SSSR count). The minimum atomic E-state index is -0.00348. The summed E-state index contributed by atoms with van der Waals surface area (Å²) in [5.74, 6) is 0.928. The van der Waals surface area contributed by atoms with Crippen LogP contribution < -0.4 is 10.6 Å². The second-order valence-electron chi connectivity index (χ2n) is 6.00. The fourth-order valence-electron chi connectivity index (χ4n) is 2.01. The Morgan fingerprint density at radius 1 is 1.29 bits per heavy atom. The van der Waals surface area contributed by atoms with Gasteiger partial charge in [0.1, 0.15) is 0 Å². The van der Waals surface area contributed by atoms with Crippen LogP contribution in [0.25, 0.3) is 0 Å². The second-order valence-corrected chi connectivity index (χ2v) is 6.44. The van der Waals surface area contributed by atoms with Gasteiger partial charge in [-0.15, -0.1) is 24.0 Å². The zero-order valence-electron chi connectivity index (χ0n) is 12.9. The Labute approximate surface area is 150 Å². The minimum absolute atomic E-state index is 0. The van der Waals surface area contributed by atoms with Crippen LogP contribution in [-0.2, 0) is 5.41 Å². The molecule has 3 nitrogen and oxygen atoms in total. The van der Waals surface area contributed by atoms with Gasteiger partial charge >= 0.3 is 0 Å². The summed E-state index contributed by atoms with van der Waals surface area (Å²) in [6.07, 6.45) is 2.51. The molecule has 1 aromatic carbocycles. The zero-order valence-corrected chi connectivity index (χ0v) is 16.0. The van der Waals surface area contributed by atoms with Crippen LogP contribution in [0.1, 0.15) is 39.2 Å². The Bertz CT molecular complexity index is 467. The smallest absolute Gasteiger partial charge is 0.191 e. The predicted octanol–water partition coefficient (Wildman–Crippen LogP) is 3.95. The third-order valence-electron chi connectivity index (χ3n) is 3.52. The van der Waals surface area contributed by atoms with Gasteiger partial charge in [0.05, 0.1) is 6.54 Å². The average molecular weight is 422 g/mol. The zero-order chi connectivity index (χ0) is 14.6. The summed E-state index contributed by atoms with van der Waals surface area (Å²) in [5.41, 5.74) is 1.25. The fourth-order valence-corrected chi connectivity index (χ4v) is 2.14. The lowest BCUT2D eigenvalue weighted by Gasteiger charge is -2.24. The van der Waals surface area contributed by atoms with E-state index in [0.717, 1.165) is 24.1 Å². The van der Waals surface area contributed by atoms with Gasteiger partial charge in [-0.05, 0) is 37.5 Å². The van der Waals surface area contributed by atoms with E-state index in [4.69, 9.17) is 16.6 Å². The molecule has 0 aliphatic heterocycles. The van der Waals surface area contributed by atoms with Gasteiger partial charge in [-0.2, -0.15) is 0 Å². The molecule has 1 saturated carbocycles. The Kier molecular flexibility index (Phi) is 7.27. The topological polar surface area (TPSA) is 36.4 Å². The molecule has 0 spiro atoms. The lowest BCUT2D eigenvalue weighted by Crippen LogP contribution is -2.39. The molecule has 0 unspecified atom stereocenters. The molecule has 0 aromatic heterocycles. The summed E-state index contributed by atoms with van der Waals surface area (Å²) in [6, 6.07) is 8.66. The summed E-state index contributed by atoms with van der Waals surface area (Å²) >= 11 is 5.95. The number of benzene rings is 1. The number of hydrogen-bond acceptors (Lipinski definition) is 1. The maximum Gasteiger partial charge on any atom is 0.191 e. The Morgan fingerprint density at radius 3 is 2.43 bits per heavy atom. The molecule has 1 aliphatic rings. The number of guanidine groups is 1. The summed E-state index contributed by atoms with van der Waals surface area (Å²) < 4.78 is 0. The Hall–Kier alpha value is -0.490. The normalized spacial score (nSPS) is 15.3. The summed E-state index contributed by atoms with van der Waals surface area (Å²) in [4.78, 5) is 4.73. The molecule has 0 heterocycles. The lowest BCUT2D eigenvalue weighted by atomic mass is 9.85. The van der Waals surface area contributed by atoms with Crippen molar-refractivity contribution in [2.75, 3.05) is 13.1 Å². The predicted molar refractivity (Wildman–Crippen MR) is 102 cm³/mol. The van der Waals surface area contributed by atoms with Crippen LogP contribution in [0.2, 0.25) is 5.02 Å². The van der Waals surface area contributed by atoms with Gasteiger partial charge < -0.3 is 10.6 Å². The molecule has 118 valence electrons. The Morgan fingerprint density at radius 2 is 1.90 bits per heavy atom. The van der Waals surface area contributed by atoms with Crippen molar-refractivity contribution in [3.8, 4) is 0 Å². The molecule has 21 heavy (non-hydrogen) atoms. The number of nitrogens with one attached hydrogen (secondary N) is 2. The second kappa shape index (κ2) is 8.22. The van der Waals surface area contributed by atoms with E-state index in [2.05, 4.69) is 43.5 Å². The van der Waals surface area contributed by atoms with Crippen molar-refractivity contribution in [1.29, 1.82) is 0 Å². The van der Waals surface area contributed by atoms with Crippen molar-refractivity contribution < 1.29 is 0 Å². The molecule has 0 radical (unpaired) electrons. The number of rotatable bonds is 5. The first-order chi connectivity index (χ1) is 9.51. The molecule has 2 N–H and O–H groups in total. The molecular formula is C16H25ClIN3. The maximum atomic E-state index is 5.95. The van der Waals surface area contributed by atoms with E-state index in [0.29, 0.717) is 6.04 Å². The number of aliphatic imine (C=N–C) groups is 1. The van der Waals surface area contributed by atoms with E-state index in [-0.39, 0.29) is 29.4 Å². The first-order valence-electron chi connectivity index (χ1n) is 7.32. The van der Waals surface area contributed by atoms with Crippen LogP contribution in [0, 0.1) is 0 Å². The largest absolute Gasteiger partial charge is 0.357 e. The van der Waals surface area contributed by atoms with Gasteiger partial charge in [-0.1, -0.05) is 37.6 Å². The molecule has 1 fully saturated rings. The third kappa shape index (κ3) is 6.02. The van der Waals surface area contributed by atoms with Gasteiger partial charge in [0.15, 0.2) is 5.96 Å². The molecular weight excluding hydrogens is 397 g/mol. The first-order valence-corrected chi connectivity index (χ1v) is 7.70. The third-order valence-corrected chi connectivity index (χ3v) is 3.77. The van der Waals surface area contributed by atoms with Crippen LogP contribution in [0.5, 0.6) is 0 Å². The van der Waals surface area contributed by atoms with Crippen molar-refractivity contribution >= 4 is 41.5 Å². The van der Waals surface area contributed by atoms with E-state index in [1.54, 1.807) is 0 Å². The van der Waals surface area contributed by atoms with Gasteiger partial charge in [0, 0.05) is 23.0 Å². The highest BCUT2D eigenvalue weighted by atomic mass is 127. The highest BCUT2D eigenvalue weighted by Gasteiger charge is 2.24. The molecule has 5 heteroatoms. The van der Waals surface area contributed by atoms with Crippen LogP contribution in [0.3, 0.4) is 0 Å². The monoisotopic (exact) mass is 421 g/mol. The standard InChI is InChI=1S/C16H24ClN3.HI/c1-4-18-15(20-14-9-10-14)19-11-16(2,3)12-5-7-13(17)8-6-12;/h5-8,14H,4,9-11H2,1-3H3,(H2,18,19,20);1H. The fraction of sp³-hybridized carbons (Fsp3) is 0.562. The van der Waals surface area contributed by atoms with E-state index >= 15 is 0 Å². The van der Waals surface area contributed by atoms with Crippen molar-refractivity contribution in [2.45, 2.75) is 45.1 Å². The van der Waals surface area contributed by atoms with Crippen LogP contribution in [0.15, 0.2) is 29.3 Å². The minimum Gasteiger partial charge on any atom is -0.357 e. The molecule has 1 aliphatic carbocycles. The number of halogens is 2. The van der Waals surface area contributed by atoms with Gasteiger partial charge in [-0.25, -0.2) is 0 Å². The van der Waals surface area contributed by atoms with Gasteiger partial charge in [-0.3, -0.25) is 4.99 Å². The van der Waals surface area contributed by atoms with Gasteiger partial charge in [0.2, 0.25) is 0 Å². The molecule has 0 amide bonds. The number of nitrogens with zero attached hydrogens (tertiary/aromatic N) is 1. The van der Waals surface area contributed by atoms with E-state index in [1.165, 1.54) is 18.4 Å². The van der Waals surface area contributed by atoms with Gasteiger partial charge in [0.25, 0.3) is 0 Å². The molecule has 1 aromatic rings. The molecule has 0 saturated heterocycles. The average Bonchev–Trinajstić information content (AvgIpc) is 3.21. The quantitative estimate of drug-likeness (QED) is 0.429. The first kappa shape index (κ1) is 18.6. The lowest BCUT2D eigenvalue weighted by molar-refractivity contribution is 0.537. The van der Waals surface area contributed by atoms with Crippen molar-refractivity contribution in [3.05, 3.63) is 34.9 Å². The summed E-state index contributed by atoms with van der Waals surface area (Å²) in [7, 11) is 0. The van der Waals surface area contributed by atoms with E-state index in [9.17, 15) is 0 Å². The summed E-state index contributed by atoms with van der Waals surface area (Å²) in [6.45, 7) is 8.14. The molecule has 0 atom stereocenters.